The molecule has 0 aromatic carbocycles. The normalized spacial score (nSPS) is 20.7. The van der Waals surface area contributed by atoms with Crippen LogP contribution in [0, 0.1) is 11.8 Å². The number of hydrogen-bond acceptors (Lipinski definition) is 5. The van der Waals surface area contributed by atoms with Gasteiger partial charge < -0.3 is 24.4 Å². The first-order valence-electron chi connectivity index (χ1n) is 8.72. The van der Waals surface area contributed by atoms with Crippen LogP contribution in [0.25, 0.3) is 0 Å². The minimum atomic E-state index is -0.133. The lowest BCUT2D eigenvalue weighted by atomic mass is 9.96. The van der Waals surface area contributed by atoms with Crippen molar-refractivity contribution in [1.29, 1.82) is 0 Å². The smallest absolute Gasteiger partial charge is 0.255 e. The molecule has 1 amide bonds. The molecule has 2 heterocycles. The maximum absolute atomic E-state index is 12.7. The van der Waals surface area contributed by atoms with Gasteiger partial charge in [0.2, 0.25) is 5.56 Å². The van der Waals surface area contributed by atoms with Crippen LogP contribution in [-0.2, 0) is 7.05 Å². The second kappa shape index (κ2) is 8.60. The van der Waals surface area contributed by atoms with Crippen LogP contribution in [-0.4, -0.2) is 90.8 Å². The van der Waals surface area contributed by atoms with Crippen molar-refractivity contribution in [3.8, 4) is 0 Å². The first-order chi connectivity index (χ1) is 11.8. The molecular weight excluding hydrogens is 320 g/mol. The summed E-state index contributed by atoms with van der Waals surface area (Å²) < 4.78 is 1.42. The predicted octanol–water partition coefficient (Wildman–Crippen LogP) is -0.441. The number of aliphatic hydroxyl groups is 1. The van der Waals surface area contributed by atoms with Gasteiger partial charge in [-0.25, -0.2) is 0 Å². The van der Waals surface area contributed by atoms with Gasteiger partial charge in [0.15, 0.2) is 0 Å². The second-order valence-corrected chi connectivity index (χ2v) is 7.35. The summed E-state index contributed by atoms with van der Waals surface area (Å²) in [5.74, 6) is 0.277. The van der Waals surface area contributed by atoms with Crippen molar-refractivity contribution in [1.82, 2.24) is 19.3 Å². The van der Waals surface area contributed by atoms with Crippen molar-refractivity contribution in [2.45, 2.75) is 0 Å². The Morgan fingerprint density at radius 3 is 2.48 bits per heavy atom. The molecule has 1 saturated heterocycles. The van der Waals surface area contributed by atoms with Crippen LogP contribution in [0.2, 0.25) is 0 Å². The van der Waals surface area contributed by atoms with Crippen LogP contribution in [0.1, 0.15) is 10.4 Å². The fourth-order valence-electron chi connectivity index (χ4n) is 3.28. The quantitative estimate of drug-likeness (QED) is 0.722. The van der Waals surface area contributed by atoms with Crippen LogP contribution in [0.15, 0.2) is 23.1 Å². The van der Waals surface area contributed by atoms with E-state index in [1.807, 2.05) is 14.1 Å². The minimum Gasteiger partial charge on any atom is -0.396 e. The van der Waals surface area contributed by atoms with E-state index in [1.165, 1.54) is 10.6 Å². The largest absolute Gasteiger partial charge is 0.396 e. The Morgan fingerprint density at radius 1 is 1.20 bits per heavy atom. The van der Waals surface area contributed by atoms with E-state index < -0.39 is 0 Å². The van der Waals surface area contributed by atoms with Crippen LogP contribution in [0.3, 0.4) is 0 Å². The third-order valence-electron chi connectivity index (χ3n) is 4.91. The number of nitrogens with zero attached hydrogens (tertiary/aromatic N) is 4. The molecule has 1 fully saturated rings. The molecule has 7 nitrogen and oxygen atoms in total. The molecule has 25 heavy (non-hydrogen) atoms. The topological polar surface area (TPSA) is 69.0 Å². The lowest BCUT2D eigenvalue weighted by Gasteiger charge is -2.25. The van der Waals surface area contributed by atoms with Gasteiger partial charge >= 0.3 is 0 Å². The lowest BCUT2D eigenvalue weighted by molar-refractivity contribution is 0.0778. The number of aryl methyl sites for hydroxylation is 1. The fraction of sp³-hybridized carbons (Fsp3) is 0.667. The van der Waals surface area contributed by atoms with E-state index in [9.17, 15) is 14.7 Å². The number of pyridine rings is 1. The average Bonchev–Trinajstić information content (AvgIpc) is 2.97. The van der Waals surface area contributed by atoms with Crippen molar-refractivity contribution in [3.05, 3.63) is 34.2 Å². The number of hydrogen-bond donors (Lipinski definition) is 1. The minimum absolute atomic E-state index is 0.0764. The van der Waals surface area contributed by atoms with E-state index in [-0.39, 0.29) is 29.9 Å². The number of amides is 1. The highest BCUT2D eigenvalue weighted by Crippen LogP contribution is 2.25. The predicted molar refractivity (Wildman–Crippen MR) is 97.7 cm³/mol. The summed E-state index contributed by atoms with van der Waals surface area (Å²) in [4.78, 5) is 30.4. The molecule has 1 aliphatic heterocycles. The maximum Gasteiger partial charge on any atom is 0.255 e. The molecule has 2 rings (SSSR count). The van der Waals surface area contributed by atoms with Gasteiger partial charge in [-0.15, -0.1) is 0 Å². The molecule has 2 atom stereocenters. The molecular formula is C18H30N4O3. The van der Waals surface area contributed by atoms with Gasteiger partial charge in [-0.1, -0.05) is 0 Å². The molecule has 140 valence electrons. The Hall–Kier alpha value is -1.70. The molecule has 1 aromatic heterocycles. The summed E-state index contributed by atoms with van der Waals surface area (Å²) in [6.45, 7) is 4.08. The van der Waals surface area contributed by atoms with Crippen molar-refractivity contribution >= 4 is 5.91 Å². The van der Waals surface area contributed by atoms with Crippen molar-refractivity contribution in [2.75, 3.05) is 60.5 Å². The first kappa shape index (κ1) is 19.6. The van der Waals surface area contributed by atoms with Crippen molar-refractivity contribution < 1.29 is 9.90 Å². The molecule has 1 aromatic rings. The Bertz CT molecular complexity index is 643. The van der Waals surface area contributed by atoms with Gasteiger partial charge in [-0.2, -0.15) is 0 Å². The SMILES string of the molecule is CN(C)CCN(C)C[C@@H]1CN(C(=O)c2ccc(=O)n(C)c2)C[C@@H]1CO. The fourth-order valence-corrected chi connectivity index (χ4v) is 3.28. The first-order valence-corrected chi connectivity index (χ1v) is 8.72. The zero-order valence-corrected chi connectivity index (χ0v) is 15.7. The molecule has 0 bridgehead atoms. The molecule has 7 heteroatoms. The summed E-state index contributed by atoms with van der Waals surface area (Å²) in [6.07, 6.45) is 1.58. The number of aromatic nitrogens is 1. The van der Waals surface area contributed by atoms with E-state index in [0.29, 0.717) is 18.7 Å². The molecule has 0 radical (unpaired) electrons. The van der Waals surface area contributed by atoms with Gasteiger partial charge in [0.25, 0.3) is 5.91 Å². The number of carbonyl (C=O) groups is 1. The third-order valence-corrected chi connectivity index (χ3v) is 4.91. The molecule has 0 unspecified atom stereocenters. The van der Waals surface area contributed by atoms with Crippen molar-refractivity contribution in [3.63, 3.8) is 0 Å². The Labute approximate surface area is 149 Å². The van der Waals surface area contributed by atoms with Crippen molar-refractivity contribution in [2.24, 2.45) is 18.9 Å². The van der Waals surface area contributed by atoms with Crippen LogP contribution in [0.4, 0.5) is 0 Å². The summed E-state index contributed by atoms with van der Waals surface area (Å²) >= 11 is 0. The number of rotatable bonds is 7. The number of carbonyl (C=O) groups excluding carboxylic acids is 1. The Morgan fingerprint density at radius 2 is 1.88 bits per heavy atom. The highest BCUT2D eigenvalue weighted by molar-refractivity contribution is 5.94. The Kier molecular flexibility index (Phi) is 6.75. The van der Waals surface area contributed by atoms with Crippen LogP contribution in [0.5, 0.6) is 0 Å². The highest BCUT2D eigenvalue weighted by Gasteiger charge is 2.35. The zero-order chi connectivity index (χ0) is 18.6. The number of aliphatic hydroxyl groups excluding tert-OH is 1. The maximum atomic E-state index is 12.7. The lowest BCUT2D eigenvalue weighted by Crippen LogP contribution is -2.35. The van der Waals surface area contributed by atoms with E-state index in [4.69, 9.17) is 0 Å². The summed E-state index contributed by atoms with van der Waals surface area (Å²) in [6, 6.07) is 2.99. The van der Waals surface area contributed by atoms with Gasteiger partial charge in [0.1, 0.15) is 0 Å². The second-order valence-electron chi connectivity index (χ2n) is 7.35. The number of likely N-dealkylation sites (tertiary alicyclic amines) is 1. The Balaban J connectivity index is 2.00. The average molecular weight is 350 g/mol. The molecule has 1 aliphatic rings. The van der Waals surface area contributed by atoms with Gasteiger partial charge in [-0.3, -0.25) is 9.59 Å². The molecule has 0 spiro atoms. The third kappa shape index (κ3) is 5.14. The zero-order valence-electron chi connectivity index (χ0n) is 15.7. The summed E-state index contributed by atoms with van der Waals surface area (Å²) in [5.41, 5.74) is 0.381. The summed E-state index contributed by atoms with van der Waals surface area (Å²) in [5, 5.41) is 9.71. The van der Waals surface area contributed by atoms with Gasteiger partial charge in [-0.05, 0) is 33.1 Å². The standard InChI is InChI=1S/C18H30N4O3/c1-19(2)7-8-20(3)9-15-11-22(12-16(15)13-23)18(25)14-5-6-17(24)21(4)10-14/h5-6,10,15-16,23H,7-9,11-13H2,1-4H3/t15-,16-/m1/s1. The monoisotopic (exact) mass is 350 g/mol. The van der Waals surface area contributed by atoms with E-state index >= 15 is 0 Å². The number of likely N-dealkylation sites (N-methyl/N-ethyl adjacent to an activating group) is 2. The molecule has 0 saturated carbocycles. The van der Waals surface area contributed by atoms with Crippen LogP contribution < -0.4 is 5.56 Å². The van der Waals surface area contributed by atoms with E-state index in [2.05, 4.69) is 16.8 Å². The summed E-state index contributed by atoms with van der Waals surface area (Å²) in [7, 11) is 7.82. The molecule has 1 N–H and O–H groups in total. The van der Waals surface area contributed by atoms with Crippen LogP contribution >= 0.6 is 0 Å². The highest BCUT2D eigenvalue weighted by atomic mass is 16.3. The van der Waals surface area contributed by atoms with Gasteiger partial charge in [0.05, 0.1) is 5.56 Å². The van der Waals surface area contributed by atoms with Gasteiger partial charge in [0, 0.05) is 64.6 Å². The van der Waals surface area contributed by atoms with E-state index in [0.717, 1.165) is 19.6 Å². The van der Waals surface area contributed by atoms with E-state index in [1.54, 1.807) is 24.2 Å². The molecule has 0 aliphatic carbocycles.